The molecule has 104 valence electrons. The summed E-state index contributed by atoms with van der Waals surface area (Å²) in [5.41, 5.74) is 8.60. The summed E-state index contributed by atoms with van der Waals surface area (Å²) >= 11 is 5.99. The number of para-hydroxylation sites is 1. The van der Waals surface area contributed by atoms with Gasteiger partial charge in [0.25, 0.3) is 5.91 Å². The quantitative estimate of drug-likeness (QED) is 0.909. The second-order valence-corrected chi connectivity index (χ2v) is 4.89. The number of nitrogens with two attached hydrogens (primary N) is 1. The maximum atomic E-state index is 12.3. The number of anilines is 2. The lowest BCUT2D eigenvalue weighted by Gasteiger charge is -2.13. The first-order valence-corrected chi connectivity index (χ1v) is 6.72. The monoisotopic (exact) mass is 289 g/mol. The van der Waals surface area contributed by atoms with Crippen molar-refractivity contribution < 1.29 is 4.79 Å². The number of carbonyl (C=O) groups is 1. The standard InChI is InChI=1S/C15H16ClN3O/c1-3-10-6-4-5-9(2)13(10)19-15(20)14-11(16)7-8-12(17)18-14/h4-8H,3H2,1-2H3,(H2,17,18)(H,19,20). The number of aryl methyl sites for hydroxylation is 2. The van der Waals surface area contributed by atoms with Gasteiger partial charge >= 0.3 is 0 Å². The molecular formula is C15H16ClN3O. The number of hydrogen-bond donors (Lipinski definition) is 2. The van der Waals surface area contributed by atoms with Crippen molar-refractivity contribution in [1.29, 1.82) is 0 Å². The van der Waals surface area contributed by atoms with Gasteiger partial charge in [0.1, 0.15) is 11.5 Å². The lowest BCUT2D eigenvalue weighted by molar-refractivity contribution is 0.102. The molecule has 0 atom stereocenters. The zero-order valence-corrected chi connectivity index (χ0v) is 12.2. The topological polar surface area (TPSA) is 68.0 Å². The van der Waals surface area contributed by atoms with Gasteiger partial charge in [0, 0.05) is 5.69 Å². The Hall–Kier alpha value is -2.07. The Balaban J connectivity index is 2.35. The number of nitrogen functional groups attached to an aromatic ring is 1. The van der Waals surface area contributed by atoms with E-state index in [0.717, 1.165) is 23.2 Å². The van der Waals surface area contributed by atoms with Crippen molar-refractivity contribution in [1.82, 2.24) is 4.98 Å². The highest BCUT2D eigenvalue weighted by atomic mass is 35.5. The molecule has 1 heterocycles. The van der Waals surface area contributed by atoms with E-state index in [1.807, 2.05) is 32.0 Å². The van der Waals surface area contributed by atoms with E-state index in [0.29, 0.717) is 0 Å². The highest BCUT2D eigenvalue weighted by molar-refractivity contribution is 6.34. The molecule has 0 aliphatic heterocycles. The Morgan fingerprint density at radius 2 is 2.10 bits per heavy atom. The molecule has 0 saturated carbocycles. The largest absolute Gasteiger partial charge is 0.384 e. The molecule has 20 heavy (non-hydrogen) atoms. The Morgan fingerprint density at radius 1 is 1.35 bits per heavy atom. The van der Waals surface area contributed by atoms with Gasteiger partial charge in [0.15, 0.2) is 0 Å². The first-order chi connectivity index (χ1) is 9.52. The highest BCUT2D eigenvalue weighted by Crippen LogP contribution is 2.23. The summed E-state index contributed by atoms with van der Waals surface area (Å²) in [6, 6.07) is 9.03. The number of amides is 1. The van der Waals surface area contributed by atoms with Crippen molar-refractivity contribution in [3.05, 3.63) is 52.2 Å². The molecule has 2 aromatic rings. The van der Waals surface area contributed by atoms with Crippen molar-refractivity contribution in [3.8, 4) is 0 Å². The van der Waals surface area contributed by atoms with Gasteiger partial charge in [-0.2, -0.15) is 0 Å². The highest BCUT2D eigenvalue weighted by Gasteiger charge is 2.15. The molecule has 0 unspecified atom stereocenters. The predicted octanol–water partition coefficient (Wildman–Crippen LogP) is 3.44. The van der Waals surface area contributed by atoms with Crippen LogP contribution in [-0.4, -0.2) is 10.9 Å². The van der Waals surface area contributed by atoms with Gasteiger partial charge in [-0.05, 0) is 36.6 Å². The number of pyridine rings is 1. The van der Waals surface area contributed by atoms with E-state index in [2.05, 4.69) is 10.3 Å². The maximum Gasteiger partial charge on any atom is 0.275 e. The van der Waals surface area contributed by atoms with Gasteiger partial charge < -0.3 is 11.1 Å². The lowest BCUT2D eigenvalue weighted by Crippen LogP contribution is -2.17. The van der Waals surface area contributed by atoms with Crippen molar-refractivity contribution in [2.24, 2.45) is 0 Å². The van der Waals surface area contributed by atoms with Crippen molar-refractivity contribution in [2.75, 3.05) is 11.1 Å². The number of nitrogens with zero attached hydrogens (tertiary/aromatic N) is 1. The molecule has 1 amide bonds. The second kappa shape index (κ2) is 5.92. The molecular weight excluding hydrogens is 274 g/mol. The number of carbonyl (C=O) groups excluding carboxylic acids is 1. The van der Waals surface area contributed by atoms with Crippen LogP contribution >= 0.6 is 11.6 Å². The third-order valence-electron chi connectivity index (χ3n) is 3.06. The summed E-state index contributed by atoms with van der Waals surface area (Å²) in [6.45, 7) is 3.99. The number of halogens is 1. The minimum atomic E-state index is -0.355. The molecule has 0 spiro atoms. The van der Waals surface area contributed by atoms with E-state index < -0.39 is 0 Å². The van der Waals surface area contributed by atoms with Crippen LogP contribution in [0.5, 0.6) is 0 Å². The summed E-state index contributed by atoms with van der Waals surface area (Å²) in [6.07, 6.45) is 0.829. The first-order valence-electron chi connectivity index (χ1n) is 6.34. The minimum Gasteiger partial charge on any atom is -0.384 e. The Kier molecular flexibility index (Phi) is 4.25. The second-order valence-electron chi connectivity index (χ2n) is 4.48. The molecule has 1 aromatic carbocycles. The zero-order chi connectivity index (χ0) is 14.7. The van der Waals surface area contributed by atoms with E-state index in [9.17, 15) is 4.79 Å². The van der Waals surface area contributed by atoms with Crippen LogP contribution in [0.1, 0.15) is 28.5 Å². The summed E-state index contributed by atoms with van der Waals surface area (Å²) in [5.74, 6) is -0.0913. The minimum absolute atomic E-state index is 0.136. The van der Waals surface area contributed by atoms with Gasteiger partial charge in [-0.3, -0.25) is 4.79 Å². The van der Waals surface area contributed by atoms with E-state index in [4.69, 9.17) is 17.3 Å². The van der Waals surface area contributed by atoms with Crippen molar-refractivity contribution in [2.45, 2.75) is 20.3 Å². The van der Waals surface area contributed by atoms with E-state index in [1.54, 1.807) is 12.1 Å². The first kappa shape index (κ1) is 14.3. The number of rotatable bonds is 3. The van der Waals surface area contributed by atoms with Crippen LogP contribution in [0.4, 0.5) is 11.5 Å². The van der Waals surface area contributed by atoms with Crippen LogP contribution < -0.4 is 11.1 Å². The molecule has 0 fully saturated rings. The van der Waals surface area contributed by atoms with Crippen LogP contribution in [-0.2, 0) is 6.42 Å². The third-order valence-corrected chi connectivity index (χ3v) is 3.37. The normalized spacial score (nSPS) is 10.3. The maximum absolute atomic E-state index is 12.3. The van der Waals surface area contributed by atoms with Crippen LogP contribution in [0.25, 0.3) is 0 Å². The fourth-order valence-corrected chi connectivity index (χ4v) is 2.18. The lowest BCUT2D eigenvalue weighted by atomic mass is 10.1. The number of hydrogen-bond acceptors (Lipinski definition) is 3. The van der Waals surface area contributed by atoms with Crippen LogP contribution in [0, 0.1) is 6.92 Å². The van der Waals surface area contributed by atoms with E-state index in [-0.39, 0.29) is 22.4 Å². The molecule has 0 saturated heterocycles. The molecule has 0 bridgehead atoms. The molecule has 2 rings (SSSR count). The van der Waals surface area contributed by atoms with Gasteiger partial charge in [-0.1, -0.05) is 36.7 Å². The zero-order valence-electron chi connectivity index (χ0n) is 11.4. The fourth-order valence-electron chi connectivity index (χ4n) is 1.99. The van der Waals surface area contributed by atoms with Crippen LogP contribution in [0.15, 0.2) is 30.3 Å². The van der Waals surface area contributed by atoms with E-state index >= 15 is 0 Å². The Bertz CT molecular complexity index is 656. The summed E-state index contributed by atoms with van der Waals surface area (Å²) in [7, 11) is 0. The third kappa shape index (κ3) is 2.91. The number of aromatic nitrogens is 1. The molecule has 0 aliphatic rings. The summed E-state index contributed by atoms with van der Waals surface area (Å²) in [4.78, 5) is 16.3. The average Bonchev–Trinajstić information content (AvgIpc) is 2.43. The fraction of sp³-hybridized carbons (Fsp3) is 0.200. The SMILES string of the molecule is CCc1cccc(C)c1NC(=O)c1nc(N)ccc1Cl. The molecule has 0 aliphatic carbocycles. The Morgan fingerprint density at radius 3 is 2.80 bits per heavy atom. The van der Waals surface area contributed by atoms with Gasteiger partial charge in [-0.25, -0.2) is 4.98 Å². The van der Waals surface area contributed by atoms with Gasteiger partial charge in [-0.15, -0.1) is 0 Å². The smallest absolute Gasteiger partial charge is 0.275 e. The molecule has 3 N–H and O–H groups in total. The number of benzene rings is 1. The molecule has 1 aromatic heterocycles. The van der Waals surface area contributed by atoms with Crippen molar-refractivity contribution >= 4 is 29.0 Å². The van der Waals surface area contributed by atoms with Gasteiger partial charge in [0.05, 0.1) is 5.02 Å². The number of nitrogens with one attached hydrogen (secondary N) is 1. The summed E-state index contributed by atoms with van der Waals surface area (Å²) < 4.78 is 0. The summed E-state index contributed by atoms with van der Waals surface area (Å²) in [5, 5.41) is 3.15. The predicted molar refractivity (Wildman–Crippen MR) is 82.2 cm³/mol. The van der Waals surface area contributed by atoms with Crippen LogP contribution in [0.3, 0.4) is 0 Å². The molecule has 5 heteroatoms. The van der Waals surface area contributed by atoms with Crippen LogP contribution in [0.2, 0.25) is 5.02 Å². The average molecular weight is 290 g/mol. The van der Waals surface area contributed by atoms with E-state index in [1.165, 1.54) is 0 Å². The Labute approximate surface area is 123 Å². The van der Waals surface area contributed by atoms with Gasteiger partial charge in [0.2, 0.25) is 0 Å². The van der Waals surface area contributed by atoms with Crippen molar-refractivity contribution in [3.63, 3.8) is 0 Å². The molecule has 4 nitrogen and oxygen atoms in total. The molecule has 0 radical (unpaired) electrons.